The van der Waals surface area contributed by atoms with E-state index >= 15 is 0 Å². The molecular weight excluding hydrogens is 440 g/mol. The normalized spacial score (nSPS) is 20.1. The molecule has 2 aromatic heterocycles. The Labute approximate surface area is 204 Å². The molecule has 35 heavy (non-hydrogen) atoms. The van der Waals surface area contributed by atoms with E-state index in [2.05, 4.69) is 45.3 Å². The Morgan fingerprint density at radius 2 is 1.91 bits per heavy atom. The van der Waals surface area contributed by atoms with Crippen LogP contribution >= 0.6 is 0 Å². The molecular formula is C28H32N4O3. The van der Waals surface area contributed by atoms with Gasteiger partial charge in [-0.3, -0.25) is 4.79 Å². The lowest BCUT2D eigenvalue weighted by Crippen LogP contribution is -2.50. The molecule has 1 unspecified atom stereocenters. The van der Waals surface area contributed by atoms with Crippen molar-refractivity contribution < 1.29 is 14.6 Å². The van der Waals surface area contributed by atoms with Crippen molar-refractivity contribution in [2.75, 3.05) is 39.4 Å². The molecule has 2 aliphatic rings. The number of fused-ring (bicyclic) bond motifs is 2. The number of rotatable bonds is 5. The summed E-state index contributed by atoms with van der Waals surface area (Å²) < 4.78 is 5.76. The van der Waals surface area contributed by atoms with Gasteiger partial charge in [-0.2, -0.15) is 0 Å². The Morgan fingerprint density at radius 3 is 2.80 bits per heavy atom. The molecule has 2 fully saturated rings. The van der Waals surface area contributed by atoms with Gasteiger partial charge in [0.2, 0.25) is 0 Å². The summed E-state index contributed by atoms with van der Waals surface area (Å²) >= 11 is 0. The van der Waals surface area contributed by atoms with Crippen LogP contribution in [0.2, 0.25) is 0 Å². The van der Waals surface area contributed by atoms with Crippen molar-refractivity contribution in [3.8, 4) is 5.75 Å². The number of hydrogen-bond acceptors (Lipinski definition) is 4. The van der Waals surface area contributed by atoms with Crippen molar-refractivity contribution in [1.29, 1.82) is 0 Å². The second-order valence-corrected chi connectivity index (χ2v) is 9.88. The lowest BCUT2D eigenvalue weighted by molar-refractivity contribution is -0.00749. The van der Waals surface area contributed by atoms with Gasteiger partial charge >= 0.3 is 0 Å². The molecule has 3 N–H and O–H groups in total. The zero-order valence-electron chi connectivity index (χ0n) is 19.9. The van der Waals surface area contributed by atoms with E-state index < -0.39 is 0 Å². The minimum absolute atomic E-state index is 0.00651. The van der Waals surface area contributed by atoms with Crippen LogP contribution in [0, 0.1) is 0 Å². The van der Waals surface area contributed by atoms with Crippen LogP contribution in [0.5, 0.6) is 5.75 Å². The van der Waals surface area contributed by atoms with Crippen LogP contribution in [0.3, 0.4) is 0 Å². The molecule has 1 atom stereocenters. The fourth-order valence-corrected chi connectivity index (χ4v) is 5.78. The number of benzene rings is 2. The monoisotopic (exact) mass is 472 g/mol. The number of morpholine rings is 1. The minimum atomic E-state index is 0.00651. The van der Waals surface area contributed by atoms with Crippen molar-refractivity contribution in [2.24, 2.45) is 0 Å². The number of hydrogen-bond donors (Lipinski definition) is 3. The Bertz CT molecular complexity index is 1330. The van der Waals surface area contributed by atoms with Crippen molar-refractivity contribution in [2.45, 2.75) is 31.2 Å². The third-order valence-corrected chi connectivity index (χ3v) is 7.75. The van der Waals surface area contributed by atoms with Gasteiger partial charge in [-0.25, -0.2) is 0 Å². The molecule has 2 aromatic carbocycles. The number of phenols is 1. The average molecular weight is 473 g/mol. The molecule has 4 aromatic rings. The number of aromatic hydroxyl groups is 1. The number of H-pyrrole nitrogens is 2. The van der Waals surface area contributed by atoms with Gasteiger partial charge in [-0.15, -0.1) is 0 Å². The number of carbonyl (C=O) groups excluding carboxylic acids is 1. The topological polar surface area (TPSA) is 84.6 Å². The molecule has 4 heterocycles. The van der Waals surface area contributed by atoms with Crippen LogP contribution in [0.25, 0.3) is 21.8 Å². The van der Waals surface area contributed by atoms with Crippen LogP contribution in [0.1, 0.15) is 41.2 Å². The summed E-state index contributed by atoms with van der Waals surface area (Å²) in [6.45, 7) is 4.89. The quantitative estimate of drug-likeness (QED) is 0.400. The third-order valence-electron chi connectivity index (χ3n) is 7.75. The maximum Gasteiger partial charge on any atom is 0.270 e. The van der Waals surface area contributed by atoms with Crippen LogP contribution in [-0.2, 0) is 4.74 Å². The summed E-state index contributed by atoms with van der Waals surface area (Å²) in [5, 5.41) is 11.9. The lowest BCUT2D eigenvalue weighted by atomic mass is 9.89. The van der Waals surface area contributed by atoms with Gasteiger partial charge in [0, 0.05) is 41.1 Å². The van der Waals surface area contributed by atoms with E-state index in [4.69, 9.17) is 4.74 Å². The number of phenolic OH excluding ortho intramolecular Hbond substituents is 1. The number of ether oxygens (including phenoxy) is 1. The van der Waals surface area contributed by atoms with E-state index in [9.17, 15) is 9.90 Å². The molecule has 1 amide bonds. The molecule has 0 spiro atoms. The summed E-state index contributed by atoms with van der Waals surface area (Å²) in [6.07, 6.45) is 5.42. The number of carbonyl (C=O) groups is 1. The first-order valence-electron chi connectivity index (χ1n) is 12.6. The average Bonchev–Trinajstić information content (AvgIpc) is 3.52. The molecule has 182 valence electrons. The predicted molar refractivity (Wildman–Crippen MR) is 137 cm³/mol. The highest BCUT2D eigenvalue weighted by atomic mass is 16.5. The predicted octanol–water partition coefficient (Wildman–Crippen LogP) is 4.47. The van der Waals surface area contributed by atoms with Crippen molar-refractivity contribution in [1.82, 2.24) is 19.8 Å². The maximum absolute atomic E-state index is 13.4. The standard InChI is InChI=1S/C28H32N4O3/c33-22-5-6-25-20(15-22)16-27(30-25)28(34)32-13-14-35-18-21(32)9-12-31-10-7-19(8-11-31)24-17-29-26-4-2-1-3-23(24)26/h1-6,15-17,19,21,29-30,33H,7-14,18H2. The first kappa shape index (κ1) is 22.2. The van der Waals surface area contributed by atoms with Gasteiger partial charge in [0.05, 0.1) is 19.3 Å². The molecule has 0 aliphatic carbocycles. The van der Waals surface area contributed by atoms with Gasteiger partial charge in [-0.05, 0) is 74.2 Å². The zero-order valence-corrected chi connectivity index (χ0v) is 19.9. The Kier molecular flexibility index (Phi) is 5.96. The molecule has 0 saturated carbocycles. The van der Waals surface area contributed by atoms with Crippen molar-refractivity contribution >= 4 is 27.7 Å². The minimum Gasteiger partial charge on any atom is -0.508 e. The number of para-hydroxylation sites is 1. The number of aromatic amines is 2. The molecule has 7 heteroatoms. The van der Waals surface area contributed by atoms with Gasteiger partial charge in [-0.1, -0.05) is 18.2 Å². The number of amides is 1. The van der Waals surface area contributed by atoms with Crippen LogP contribution < -0.4 is 0 Å². The Morgan fingerprint density at radius 1 is 1.06 bits per heavy atom. The van der Waals surface area contributed by atoms with E-state index in [0.29, 0.717) is 31.4 Å². The molecule has 0 bridgehead atoms. The summed E-state index contributed by atoms with van der Waals surface area (Å²) in [6, 6.07) is 15.6. The number of likely N-dealkylation sites (tertiary alicyclic amines) is 1. The van der Waals surface area contributed by atoms with E-state index in [1.165, 1.54) is 16.5 Å². The van der Waals surface area contributed by atoms with Crippen LogP contribution in [-0.4, -0.2) is 76.2 Å². The van der Waals surface area contributed by atoms with E-state index in [1.807, 2.05) is 11.0 Å². The smallest absolute Gasteiger partial charge is 0.270 e. The highest BCUT2D eigenvalue weighted by molar-refractivity contribution is 5.98. The van der Waals surface area contributed by atoms with Crippen LogP contribution in [0.15, 0.2) is 54.7 Å². The lowest BCUT2D eigenvalue weighted by Gasteiger charge is -2.38. The second-order valence-electron chi connectivity index (χ2n) is 9.88. The van der Waals surface area contributed by atoms with E-state index in [-0.39, 0.29) is 17.7 Å². The fraction of sp³-hybridized carbons (Fsp3) is 0.393. The maximum atomic E-state index is 13.4. The second kappa shape index (κ2) is 9.40. The SMILES string of the molecule is O=C(c1cc2cc(O)ccc2[nH]1)N1CCOCC1CCN1CCC(c2c[nH]c3ccccc23)CC1. The number of aromatic nitrogens is 2. The Hall–Kier alpha value is -3.29. The Balaban J connectivity index is 1.07. The highest BCUT2D eigenvalue weighted by Gasteiger charge is 2.30. The van der Waals surface area contributed by atoms with E-state index in [0.717, 1.165) is 49.8 Å². The first-order valence-corrected chi connectivity index (χ1v) is 12.6. The van der Waals surface area contributed by atoms with Crippen molar-refractivity contribution in [3.63, 3.8) is 0 Å². The summed E-state index contributed by atoms with van der Waals surface area (Å²) in [5.74, 6) is 0.806. The third kappa shape index (κ3) is 4.42. The molecule has 6 rings (SSSR count). The summed E-state index contributed by atoms with van der Waals surface area (Å²) in [4.78, 5) is 24.5. The molecule has 7 nitrogen and oxygen atoms in total. The largest absolute Gasteiger partial charge is 0.508 e. The van der Waals surface area contributed by atoms with Gasteiger partial charge < -0.3 is 29.6 Å². The van der Waals surface area contributed by atoms with Gasteiger partial charge in [0.15, 0.2) is 0 Å². The van der Waals surface area contributed by atoms with Gasteiger partial charge in [0.1, 0.15) is 11.4 Å². The fourth-order valence-electron chi connectivity index (χ4n) is 5.78. The number of piperidine rings is 1. The number of nitrogens with one attached hydrogen (secondary N) is 2. The first-order chi connectivity index (χ1) is 17.2. The van der Waals surface area contributed by atoms with Gasteiger partial charge in [0.25, 0.3) is 5.91 Å². The number of nitrogens with zero attached hydrogens (tertiary/aromatic N) is 2. The molecule has 2 saturated heterocycles. The highest BCUT2D eigenvalue weighted by Crippen LogP contribution is 2.33. The molecule has 2 aliphatic heterocycles. The summed E-state index contributed by atoms with van der Waals surface area (Å²) in [7, 11) is 0. The zero-order chi connectivity index (χ0) is 23.8. The van der Waals surface area contributed by atoms with Crippen molar-refractivity contribution in [3.05, 3.63) is 66.0 Å². The molecule has 0 radical (unpaired) electrons. The van der Waals surface area contributed by atoms with E-state index in [1.54, 1.807) is 18.2 Å². The summed E-state index contributed by atoms with van der Waals surface area (Å²) in [5.41, 5.74) is 4.09. The van der Waals surface area contributed by atoms with Crippen LogP contribution in [0.4, 0.5) is 0 Å².